The summed E-state index contributed by atoms with van der Waals surface area (Å²) < 4.78 is 5.31. The number of pyridine rings is 2. The maximum Gasteiger partial charge on any atom is 0.314 e. The zero-order valence-corrected chi connectivity index (χ0v) is 19.2. The highest BCUT2D eigenvalue weighted by Crippen LogP contribution is 2.49. The van der Waals surface area contributed by atoms with Gasteiger partial charge in [-0.15, -0.1) is 0 Å². The molecule has 0 atom stereocenters. The smallest absolute Gasteiger partial charge is 0.314 e. The Kier molecular flexibility index (Phi) is 4.85. The Morgan fingerprint density at radius 1 is 1.17 bits per heavy atom. The Hall–Kier alpha value is -4.18. The molecular formula is C24H20ClN7O3. The minimum absolute atomic E-state index is 0.251. The van der Waals surface area contributed by atoms with E-state index in [4.69, 9.17) is 11.6 Å². The summed E-state index contributed by atoms with van der Waals surface area (Å²) >= 11 is 6.08. The molecule has 11 heteroatoms. The normalized spacial score (nSPS) is 14.4. The first-order valence-corrected chi connectivity index (χ1v) is 11.4. The monoisotopic (exact) mass is 489 g/mol. The number of carboxylic acid groups (broad SMARTS) is 1. The molecule has 5 aromatic rings. The Balaban J connectivity index is 1.17. The Bertz CT molecular complexity index is 1610. The van der Waals surface area contributed by atoms with Crippen LogP contribution in [0.25, 0.3) is 11.2 Å². The maximum atomic E-state index is 12.7. The highest BCUT2D eigenvalue weighted by atomic mass is 35.5. The Morgan fingerprint density at radius 2 is 2.03 bits per heavy atom. The Labute approximate surface area is 203 Å². The van der Waals surface area contributed by atoms with Gasteiger partial charge in [0.2, 0.25) is 0 Å². The zero-order valence-electron chi connectivity index (χ0n) is 18.4. The van der Waals surface area contributed by atoms with Crippen molar-refractivity contribution in [3.05, 3.63) is 89.1 Å². The molecule has 1 saturated carbocycles. The van der Waals surface area contributed by atoms with Crippen LogP contribution in [0.2, 0.25) is 5.02 Å². The SMILES string of the molecule is O=C(NCc1ncn2ccc(Cl)cc12)c1cnn(Cc2cn3cccc(C4(C(=O)O)CC4)c3n2)c1. The molecule has 0 spiro atoms. The van der Waals surface area contributed by atoms with Crippen LogP contribution in [0.5, 0.6) is 0 Å². The van der Waals surface area contributed by atoms with E-state index >= 15 is 0 Å². The Morgan fingerprint density at radius 3 is 2.83 bits per heavy atom. The van der Waals surface area contributed by atoms with Crippen molar-refractivity contribution in [2.75, 3.05) is 0 Å². The summed E-state index contributed by atoms with van der Waals surface area (Å²) in [5.74, 6) is -1.08. The highest BCUT2D eigenvalue weighted by Gasteiger charge is 2.53. The van der Waals surface area contributed by atoms with Gasteiger partial charge in [-0.3, -0.25) is 14.3 Å². The first kappa shape index (κ1) is 21.4. The lowest BCUT2D eigenvalue weighted by Gasteiger charge is -2.10. The fourth-order valence-corrected chi connectivity index (χ4v) is 4.55. The fraction of sp³-hybridized carbons (Fsp3) is 0.208. The van der Waals surface area contributed by atoms with E-state index in [9.17, 15) is 14.7 Å². The molecule has 10 nitrogen and oxygen atoms in total. The molecule has 176 valence electrons. The number of imidazole rings is 2. The number of nitrogens with one attached hydrogen (secondary N) is 1. The lowest BCUT2D eigenvalue weighted by Crippen LogP contribution is -2.22. The van der Waals surface area contributed by atoms with Crippen molar-refractivity contribution in [2.24, 2.45) is 0 Å². The fourth-order valence-electron chi connectivity index (χ4n) is 4.39. The van der Waals surface area contributed by atoms with Crippen molar-refractivity contribution in [3.8, 4) is 0 Å². The van der Waals surface area contributed by atoms with Crippen molar-refractivity contribution in [1.29, 1.82) is 0 Å². The molecule has 1 amide bonds. The van der Waals surface area contributed by atoms with Crippen LogP contribution in [0.15, 0.2) is 61.6 Å². The number of carbonyl (C=O) groups is 2. The van der Waals surface area contributed by atoms with E-state index in [1.165, 1.54) is 6.20 Å². The van der Waals surface area contributed by atoms with Crippen LogP contribution in [0.4, 0.5) is 0 Å². The van der Waals surface area contributed by atoms with E-state index in [1.807, 2.05) is 39.5 Å². The molecular weight excluding hydrogens is 470 g/mol. The molecule has 0 aliphatic heterocycles. The summed E-state index contributed by atoms with van der Waals surface area (Å²) in [7, 11) is 0. The van der Waals surface area contributed by atoms with E-state index < -0.39 is 11.4 Å². The maximum absolute atomic E-state index is 12.7. The van der Waals surface area contributed by atoms with Gasteiger partial charge in [0.25, 0.3) is 5.91 Å². The largest absolute Gasteiger partial charge is 0.481 e. The zero-order chi connectivity index (χ0) is 24.2. The molecule has 2 N–H and O–H groups in total. The van der Waals surface area contributed by atoms with Gasteiger partial charge < -0.3 is 19.2 Å². The van der Waals surface area contributed by atoms with Crippen molar-refractivity contribution in [1.82, 2.24) is 33.9 Å². The molecule has 1 fully saturated rings. The minimum atomic E-state index is -0.839. The molecule has 0 saturated heterocycles. The molecule has 0 bridgehead atoms. The van der Waals surface area contributed by atoms with Crippen molar-refractivity contribution < 1.29 is 14.7 Å². The van der Waals surface area contributed by atoms with Crippen LogP contribution in [-0.4, -0.2) is 45.5 Å². The second-order valence-corrected chi connectivity index (χ2v) is 9.15. The molecule has 6 rings (SSSR count). The molecule has 5 aromatic heterocycles. The van der Waals surface area contributed by atoms with E-state index in [2.05, 4.69) is 20.4 Å². The van der Waals surface area contributed by atoms with E-state index in [0.29, 0.717) is 41.3 Å². The lowest BCUT2D eigenvalue weighted by molar-refractivity contribution is -0.140. The van der Waals surface area contributed by atoms with Crippen LogP contribution in [0.1, 0.15) is 40.2 Å². The summed E-state index contributed by atoms with van der Waals surface area (Å²) in [6.45, 7) is 0.597. The molecule has 5 heterocycles. The number of aromatic nitrogens is 6. The number of hydrogen-bond donors (Lipinski definition) is 2. The number of rotatable bonds is 7. The standard InChI is InChI=1S/C24H20ClN7O3/c25-16-3-7-31-14-27-19(20(31)8-16)10-26-22(33)15-9-28-32(11-15)13-17-12-30-6-1-2-18(21(30)29-17)24(4-5-24)23(34)35/h1-3,6-9,11-12,14H,4-5,10,13H2,(H,26,33)(H,34,35). The van der Waals surface area contributed by atoms with Crippen molar-refractivity contribution in [3.63, 3.8) is 0 Å². The summed E-state index contributed by atoms with van der Waals surface area (Å²) in [6, 6.07) is 7.24. The van der Waals surface area contributed by atoms with Gasteiger partial charge in [0.05, 0.1) is 53.5 Å². The van der Waals surface area contributed by atoms with Crippen LogP contribution >= 0.6 is 11.6 Å². The van der Waals surface area contributed by atoms with Gasteiger partial charge >= 0.3 is 5.97 Å². The van der Waals surface area contributed by atoms with Gasteiger partial charge in [-0.2, -0.15) is 5.10 Å². The number of hydrogen-bond acceptors (Lipinski definition) is 5. The minimum Gasteiger partial charge on any atom is -0.481 e. The lowest BCUT2D eigenvalue weighted by atomic mass is 9.97. The quantitative estimate of drug-likeness (QED) is 0.363. The second-order valence-electron chi connectivity index (χ2n) is 8.71. The van der Waals surface area contributed by atoms with Gasteiger partial charge in [0.1, 0.15) is 5.65 Å². The highest BCUT2D eigenvalue weighted by molar-refractivity contribution is 6.30. The van der Waals surface area contributed by atoms with E-state index in [0.717, 1.165) is 16.8 Å². The number of aliphatic carboxylic acids is 1. The summed E-state index contributed by atoms with van der Waals surface area (Å²) in [5, 5.41) is 17.4. The van der Waals surface area contributed by atoms with E-state index in [-0.39, 0.29) is 12.5 Å². The van der Waals surface area contributed by atoms with Crippen molar-refractivity contribution in [2.45, 2.75) is 31.3 Å². The molecule has 0 unspecified atom stereocenters. The van der Waals surface area contributed by atoms with Gasteiger partial charge in [-0.05, 0) is 31.0 Å². The number of amides is 1. The number of nitrogens with zero attached hydrogens (tertiary/aromatic N) is 6. The van der Waals surface area contributed by atoms with E-state index in [1.54, 1.807) is 29.3 Å². The first-order valence-electron chi connectivity index (χ1n) is 11.1. The number of halogens is 1. The molecule has 0 aromatic carbocycles. The predicted molar refractivity (Wildman–Crippen MR) is 126 cm³/mol. The average Bonchev–Trinajstić information content (AvgIpc) is 3.15. The molecule has 0 radical (unpaired) electrons. The topological polar surface area (TPSA) is 119 Å². The van der Waals surface area contributed by atoms with Gasteiger partial charge in [0, 0.05) is 35.4 Å². The number of fused-ring (bicyclic) bond motifs is 2. The van der Waals surface area contributed by atoms with Crippen LogP contribution in [0, 0.1) is 0 Å². The third kappa shape index (κ3) is 3.71. The third-order valence-electron chi connectivity index (χ3n) is 6.42. The average molecular weight is 490 g/mol. The van der Waals surface area contributed by atoms with Crippen LogP contribution in [-0.2, 0) is 23.3 Å². The van der Waals surface area contributed by atoms with Crippen LogP contribution < -0.4 is 5.32 Å². The predicted octanol–water partition coefficient (Wildman–Crippen LogP) is 2.93. The van der Waals surface area contributed by atoms with Gasteiger partial charge in [-0.25, -0.2) is 9.97 Å². The summed E-state index contributed by atoms with van der Waals surface area (Å²) in [4.78, 5) is 33.5. The van der Waals surface area contributed by atoms with Gasteiger partial charge in [-0.1, -0.05) is 17.7 Å². The number of carboxylic acids is 1. The molecule has 1 aliphatic carbocycles. The summed E-state index contributed by atoms with van der Waals surface area (Å²) in [5.41, 5.74) is 3.20. The molecule has 35 heavy (non-hydrogen) atoms. The van der Waals surface area contributed by atoms with Crippen molar-refractivity contribution >= 4 is 34.6 Å². The number of carbonyl (C=O) groups excluding carboxylic acids is 1. The second kappa shape index (κ2) is 7.95. The third-order valence-corrected chi connectivity index (χ3v) is 6.66. The summed E-state index contributed by atoms with van der Waals surface area (Å²) in [6.07, 6.45) is 11.6. The molecule has 1 aliphatic rings. The first-order chi connectivity index (χ1) is 16.9. The van der Waals surface area contributed by atoms with Gasteiger partial charge in [0.15, 0.2) is 0 Å². The van der Waals surface area contributed by atoms with Crippen LogP contribution in [0.3, 0.4) is 0 Å².